The molecule has 2 aromatic carbocycles. The predicted octanol–water partition coefficient (Wildman–Crippen LogP) is 5.45. The van der Waals surface area contributed by atoms with Crippen LogP contribution < -0.4 is 9.64 Å². The molecule has 4 aromatic rings. The third-order valence-corrected chi connectivity index (χ3v) is 6.86. The van der Waals surface area contributed by atoms with E-state index >= 15 is 0 Å². The number of carbonyl (C=O) groups excluding carboxylic acids is 2. The smallest absolute Gasteiger partial charge is 0.302 e. The van der Waals surface area contributed by atoms with Crippen molar-refractivity contribution in [1.82, 2.24) is 4.98 Å². The number of aliphatic hydroxyl groups is 1. The molecule has 1 fully saturated rings. The highest BCUT2D eigenvalue weighted by atomic mass is 32.1. The van der Waals surface area contributed by atoms with Gasteiger partial charge in [0.2, 0.25) is 0 Å². The number of benzene rings is 2. The molecule has 0 spiro atoms. The van der Waals surface area contributed by atoms with E-state index < -0.39 is 17.7 Å². The van der Waals surface area contributed by atoms with Crippen LogP contribution in [0.5, 0.6) is 5.75 Å². The molecular formula is C26H22N2O5S. The summed E-state index contributed by atoms with van der Waals surface area (Å²) in [6.45, 7) is 5.74. The molecule has 3 heterocycles. The molecule has 1 saturated heterocycles. The summed E-state index contributed by atoms with van der Waals surface area (Å²) < 4.78 is 11.9. The number of Topliss-reactive ketones (excluding diaryl/α,β-unsaturated/α-hetero) is 1. The number of amides is 1. The van der Waals surface area contributed by atoms with Gasteiger partial charge in [0, 0.05) is 5.56 Å². The van der Waals surface area contributed by atoms with Crippen LogP contribution in [0.15, 0.2) is 58.5 Å². The van der Waals surface area contributed by atoms with E-state index in [0.29, 0.717) is 28.0 Å². The van der Waals surface area contributed by atoms with E-state index in [1.165, 1.54) is 16.2 Å². The maximum Gasteiger partial charge on any atom is 0.302 e. The van der Waals surface area contributed by atoms with Crippen molar-refractivity contribution in [2.24, 2.45) is 0 Å². The van der Waals surface area contributed by atoms with E-state index in [4.69, 9.17) is 14.1 Å². The Kier molecular flexibility index (Phi) is 5.25. The maximum atomic E-state index is 13.3. The van der Waals surface area contributed by atoms with Gasteiger partial charge in [0.1, 0.15) is 29.1 Å². The molecule has 0 radical (unpaired) electrons. The molecule has 1 atom stereocenters. The summed E-state index contributed by atoms with van der Waals surface area (Å²) in [4.78, 5) is 32.6. The molecule has 34 heavy (non-hydrogen) atoms. The molecule has 0 bridgehead atoms. The molecule has 7 nitrogen and oxygen atoms in total. The van der Waals surface area contributed by atoms with E-state index in [2.05, 4.69) is 0 Å². The van der Waals surface area contributed by atoms with Crippen LogP contribution in [0.3, 0.4) is 0 Å². The average Bonchev–Trinajstić information content (AvgIpc) is 3.50. The summed E-state index contributed by atoms with van der Waals surface area (Å²) in [7, 11) is 1.54. The number of aliphatic hydroxyl groups excluding tert-OH is 1. The second-order valence-corrected chi connectivity index (χ2v) is 9.28. The van der Waals surface area contributed by atoms with Crippen LogP contribution in [-0.2, 0) is 9.59 Å². The quantitative estimate of drug-likeness (QED) is 0.240. The van der Waals surface area contributed by atoms with E-state index in [0.717, 1.165) is 21.3 Å². The van der Waals surface area contributed by atoms with Gasteiger partial charge in [-0.1, -0.05) is 17.4 Å². The van der Waals surface area contributed by atoms with Crippen molar-refractivity contribution in [2.75, 3.05) is 12.0 Å². The number of aryl methyl sites for hydroxylation is 3. The van der Waals surface area contributed by atoms with Gasteiger partial charge in [-0.3, -0.25) is 14.5 Å². The lowest BCUT2D eigenvalue weighted by Crippen LogP contribution is -2.29. The van der Waals surface area contributed by atoms with E-state index in [1.54, 1.807) is 50.4 Å². The van der Waals surface area contributed by atoms with Crippen LogP contribution in [0, 0.1) is 20.8 Å². The Morgan fingerprint density at radius 2 is 1.82 bits per heavy atom. The fraction of sp³-hybridized carbons (Fsp3) is 0.192. The molecule has 172 valence electrons. The van der Waals surface area contributed by atoms with Crippen molar-refractivity contribution in [3.63, 3.8) is 0 Å². The van der Waals surface area contributed by atoms with Crippen molar-refractivity contribution in [1.29, 1.82) is 0 Å². The highest BCUT2D eigenvalue weighted by Gasteiger charge is 2.49. The molecule has 1 aliphatic heterocycles. The first kappa shape index (κ1) is 21.9. The summed E-state index contributed by atoms with van der Waals surface area (Å²) in [5, 5.41) is 11.5. The van der Waals surface area contributed by atoms with E-state index in [1.807, 2.05) is 26.0 Å². The Balaban J connectivity index is 1.71. The third kappa shape index (κ3) is 3.47. The van der Waals surface area contributed by atoms with E-state index in [9.17, 15) is 14.7 Å². The fourth-order valence-corrected chi connectivity index (χ4v) is 5.43. The molecule has 1 N–H and O–H groups in total. The van der Waals surface area contributed by atoms with Crippen LogP contribution in [0.2, 0.25) is 0 Å². The number of nitrogens with zero attached hydrogens (tertiary/aromatic N) is 2. The zero-order valence-corrected chi connectivity index (χ0v) is 19.9. The number of thiazole rings is 1. The molecular weight excluding hydrogens is 452 g/mol. The van der Waals surface area contributed by atoms with E-state index in [-0.39, 0.29) is 11.3 Å². The minimum atomic E-state index is -0.947. The Morgan fingerprint density at radius 3 is 2.47 bits per heavy atom. The van der Waals surface area contributed by atoms with Gasteiger partial charge in [0.25, 0.3) is 5.78 Å². The van der Waals surface area contributed by atoms with Crippen molar-refractivity contribution < 1.29 is 23.8 Å². The Morgan fingerprint density at radius 1 is 1.09 bits per heavy atom. The Hall–Kier alpha value is -3.91. The molecule has 1 aliphatic rings. The first-order valence-corrected chi connectivity index (χ1v) is 11.5. The van der Waals surface area contributed by atoms with Crippen LogP contribution >= 0.6 is 11.3 Å². The van der Waals surface area contributed by atoms with Crippen molar-refractivity contribution in [3.8, 4) is 5.75 Å². The lowest BCUT2D eigenvalue weighted by Gasteiger charge is -2.20. The van der Waals surface area contributed by atoms with Gasteiger partial charge >= 0.3 is 5.91 Å². The summed E-state index contributed by atoms with van der Waals surface area (Å²) in [5.41, 5.74) is 3.19. The van der Waals surface area contributed by atoms with Gasteiger partial charge < -0.3 is 14.3 Å². The summed E-state index contributed by atoms with van der Waals surface area (Å²) >= 11 is 1.33. The number of anilines is 1. The van der Waals surface area contributed by atoms with Crippen LogP contribution in [0.1, 0.15) is 34.3 Å². The SMILES string of the molecule is COc1ccc(C(O)=C2C(=O)C(=O)N(c3nc4c(C)cc(C)cc4s3)C2c2ccc(C)o2)cc1. The number of carbonyl (C=O) groups is 2. The predicted molar refractivity (Wildman–Crippen MR) is 130 cm³/mol. The average molecular weight is 475 g/mol. The minimum Gasteiger partial charge on any atom is -0.507 e. The summed E-state index contributed by atoms with van der Waals surface area (Å²) in [6.07, 6.45) is 0. The molecule has 5 rings (SSSR count). The zero-order chi connectivity index (χ0) is 24.1. The first-order valence-electron chi connectivity index (χ1n) is 10.7. The molecule has 2 aromatic heterocycles. The van der Waals surface area contributed by atoms with Gasteiger partial charge in [-0.05, 0) is 74.4 Å². The normalized spacial score (nSPS) is 17.6. The molecule has 1 unspecified atom stereocenters. The molecule has 0 saturated carbocycles. The number of furan rings is 1. The number of hydrogen-bond donors (Lipinski definition) is 1. The minimum absolute atomic E-state index is 0.0447. The van der Waals surface area contributed by atoms with Crippen LogP contribution in [-0.4, -0.2) is 28.9 Å². The lowest BCUT2D eigenvalue weighted by molar-refractivity contribution is -0.132. The Labute approximate surface area is 199 Å². The fourth-order valence-electron chi connectivity index (χ4n) is 4.27. The standard InChI is InChI=1S/C26H22N2O5S/c1-13-11-14(2)21-19(12-13)34-26(27-21)28-22(18-10-5-15(3)33-18)20(24(30)25(28)31)23(29)16-6-8-17(32-4)9-7-16/h5-12,22,29H,1-4H3. The second-order valence-electron chi connectivity index (χ2n) is 8.27. The van der Waals surface area contributed by atoms with Crippen molar-refractivity contribution in [2.45, 2.75) is 26.8 Å². The molecule has 1 amide bonds. The van der Waals surface area contributed by atoms with Crippen LogP contribution in [0.4, 0.5) is 5.13 Å². The van der Waals surface area contributed by atoms with Crippen LogP contribution in [0.25, 0.3) is 16.0 Å². The van der Waals surface area contributed by atoms with Crippen molar-refractivity contribution in [3.05, 3.63) is 82.3 Å². The van der Waals surface area contributed by atoms with Gasteiger partial charge in [-0.2, -0.15) is 0 Å². The van der Waals surface area contributed by atoms with Gasteiger partial charge in [0.05, 0.1) is 22.9 Å². The largest absolute Gasteiger partial charge is 0.507 e. The zero-order valence-electron chi connectivity index (χ0n) is 19.1. The highest BCUT2D eigenvalue weighted by Crippen LogP contribution is 2.45. The molecule has 0 aliphatic carbocycles. The first-order chi connectivity index (χ1) is 16.3. The van der Waals surface area contributed by atoms with Gasteiger partial charge in [0.15, 0.2) is 5.13 Å². The number of hydrogen-bond acceptors (Lipinski definition) is 7. The number of ether oxygens (including phenoxy) is 1. The third-order valence-electron chi connectivity index (χ3n) is 5.86. The highest BCUT2D eigenvalue weighted by molar-refractivity contribution is 7.22. The van der Waals surface area contributed by atoms with Gasteiger partial charge in [-0.25, -0.2) is 4.98 Å². The summed E-state index contributed by atoms with van der Waals surface area (Å²) in [6, 6.07) is 13.2. The number of fused-ring (bicyclic) bond motifs is 1. The number of ketones is 1. The van der Waals surface area contributed by atoms with Gasteiger partial charge in [-0.15, -0.1) is 0 Å². The Bertz CT molecular complexity index is 1480. The number of methoxy groups -OCH3 is 1. The topological polar surface area (TPSA) is 92.9 Å². The van der Waals surface area contributed by atoms with Crippen molar-refractivity contribution >= 4 is 44.1 Å². The molecule has 8 heteroatoms. The lowest BCUT2D eigenvalue weighted by atomic mass is 9.99. The summed E-state index contributed by atoms with van der Waals surface area (Å²) in [5.74, 6) is -0.229. The number of rotatable bonds is 4. The monoisotopic (exact) mass is 474 g/mol. The second kappa shape index (κ2) is 8.14. The maximum absolute atomic E-state index is 13.3. The number of aromatic nitrogens is 1.